The van der Waals surface area contributed by atoms with Crippen molar-refractivity contribution in [3.8, 4) is 0 Å². The molecule has 6 heteroatoms. The van der Waals surface area contributed by atoms with Crippen molar-refractivity contribution in [1.29, 1.82) is 0 Å². The number of pyridine rings is 1. The van der Waals surface area contributed by atoms with Crippen molar-refractivity contribution in [3.63, 3.8) is 0 Å². The van der Waals surface area contributed by atoms with Gasteiger partial charge in [-0.3, -0.25) is 4.79 Å². The zero-order chi connectivity index (χ0) is 14.8. The van der Waals surface area contributed by atoms with Gasteiger partial charge in [0.15, 0.2) is 0 Å². The zero-order valence-corrected chi connectivity index (χ0v) is 11.5. The summed E-state index contributed by atoms with van der Waals surface area (Å²) in [7, 11) is 0. The van der Waals surface area contributed by atoms with Crippen molar-refractivity contribution in [2.24, 2.45) is 0 Å². The minimum Gasteiger partial charge on any atom is -0.398 e. The largest absolute Gasteiger partial charge is 0.398 e. The van der Waals surface area contributed by atoms with E-state index in [4.69, 9.17) is 10.3 Å². The summed E-state index contributed by atoms with van der Waals surface area (Å²) in [4.78, 5) is 16.5. The molecule has 0 atom stereocenters. The lowest BCUT2D eigenvalue weighted by Gasteiger charge is -2.06. The summed E-state index contributed by atoms with van der Waals surface area (Å²) in [5.41, 5.74) is 8.13. The standard InChI is InChI=1S/C15H14N4O2/c1-9-6-10(19-21-9)8-17-15(20)14-7-12(16)11-4-2-3-5-13(11)18-14/h2-7H,8H2,1H3,(H2,16,18)(H,17,20). The second-order valence-corrected chi connectivity index (χ2v) is 4.73. The predicted octanol–water partition coefficient (Wildman–Crippen LogP) is 2.04. The van der Waals surface area contributed by atoms with Gasteiger partial charge in [0.05, 0.1) is 12.1 Å². The SMILES string of the molecule is Cc1cc(CNC(=O)c2cc(N)c3ccccc3n2)no1. The Morgan fingerprint density at radius 1 is 1.33 bits per heavy atom. The number of para-hydroxylation sites is 1. The van der Waals surface area contributed by atoms with Crippen LogP contribution in [0.2, 0.25) is 0 Å². The highest BCUT2D eigenvalue weighted by molar-refractivity contribution is 5.99. The number of nitrogen functional groups attached to an aromatic ring is 1. The maximum Gasteiger partial charge on any atom is 0.270 e. The van der Waals surface area contributed by atoms with E-state index in [1.54, 1.807) is 19.1 Å². The Morgan fingerprint density at radius 3 is 2.90 bits per heavy atom. The summed E-state index contributed by atoms with van der Waals surface area (Å²) >= 11 is 0. The quantitative estimate of drug-likeness (QED) is 0.766. The van der Waals surface area contributed by atoms with Crippen LogP contribution in [0.1, 0.15) is 21.9 Å². The number of hydrogen-bond acceptors (Lipinski definition) is 5. The Hall–Kier alpha value is -2.89. The normalized spacial score (nSPS) is 10.7. The number of anilines is 1. The molecule has 3 aromatic rings. The molecule has 0 bridgehead atoms. The maximum atomic E-state index is 12.1. The van der Waals surface area contributed by atoms with Gasteiger partial charge in [-0.15, -0.1) is 0 Å². The average Bonchev–Trinajstić information content (AvgIpc) is 2.90. The smallest absolute Gasteiger partial charge is 0.270 e. The number of aryl methyl sites for hydroxylation is 1. The summed E-state index contributed by atoms with van der Waals surface area (Å²) in [5, 5.41) is 7.39. The number of nitrogens with two attached hydrogens (primary N) is 1. The lowest BCUT2D eigenvalue weighted by molar-refractivity contribution is 0.0945. The third kappa shape index (κ3) is 2.69. The van der Waals surface area contributed by atoms with E-state index in [0.29, 0.717) is 22.7 Å². The minimum absolute atomic E-state index is 0.282. The van der Waals surface area contributed by atoms with E-state index in [1.165, 1.54) is 0 Å². The van der Waals surface area contributed by atoms with Crippen LogP contribution >= 0.6 is 0 Å². The lowest BCUT2D eigenvalue weighted by atomic mass is 10.1. The molecule has 3 rings (SSSR count). The number of nitrogens with zero attached hydrogens (tertiary/aromatic N) is 2. The van der Waals surface area contributed by atoms with E-state index in [-0.39, 0.29) is 18.1 Å². The molecule has 6 nitrogen and oxygen atoms in total. The molecule has 2 heterocycles. The van der Waals surface area contributed by atoms with E-state index in [9.17, 15) is 4.79 Å². The van der Waals surface area contributed by atoms with Crippen LogP contribution in [0.4, 0.5) is 5.69 Å². The van der Waals surface area contributed by atoms with Crippen LogP contribution in [0.5, 0.6) is 0 Å². The first-order valence-corrected chi connectivity index (χ1v) is 6.49. The number of hydrogen-bond donors (Lipinski definition) is 2. The number of amides is 1. The lowest BCUT2D eigenvalue weighted by Crippen LogP contribution is -2.24. The van der Waals surface area contributed by atoms with Crippen molar-refractivity contribution < 1.29 is 9.32 Å². The molecule has 1 aromatic carbocycles. The molecular formula is C15H14N4O2. The second kappa shape index (κ2) is 5.24. The van der Waals surface area contributed by atoms with Crippen LogP contribution in [0.25, 0.3) is 10.9 Å². The summed E-state index contributed by atoms with van der Waals surface area (Å²) < 4.78 is 4.94. The molecule has 2 aromatic heterocycles. The molecule has 0 unspecified atom stereocenters. The zero-order valence-electron chi connectivity index (χ0n) is 11.5. The van der Waals surface area contributed by atoms with Gasteiger partial charge in [0.2, 0.25) is 0 Å². The van der Waals surface area contributed by atoms with Crippen molar-refractivity contribution in [3.05, 3.63) is 53.5 Å². The van der Waals surface area contributed by atoms with E-state index >= 15 is 0 Å². The van der Waals surface area contributed by atoms with Gasteiger partial charge in [-0.2, -0.15) is 0 Å². The summed E-state index contributed by atoms with van der Waals surface area (Å²) in [5.74, 6) is 0.403. The fourth-order valence-electron chi connectivity index (χ4n) is 2.08. The number of carbonyl (C=O) groups is 1. The van der Waals surface area contributed by atoms with Crippen molar-refractivity contribution in [2.75, 3.05) is 5.73 Å². The molecule has 3 N–H and O–H groups in total. The van der Waals surface area contributed by atoms with Crippen molar-refractivity contribution in [2.45, 2.75) is 13.5 Å². The predicted molar refractivity (Wildman–Crippen MR) is 78.6 cm³/mol. The highest BCUT2D eigenvalue weighted by Gasteiger charge is 2.11. The van der Waals surface area contributed by atoms with Crippen LogP contribution < -0.4 is 11.1 Å². The van der Waals surface area contributed by atoms with E-state index in [2.05, 4.69) is 15.5 Å². The molecule has 1 amide bonds. The number of benzene rings is 1. The van der Waals surface area contributed by atoms with Gasteiger partial charge in [0, 0.05) is 17.1 Å². The van der Waals surface area contributed by atoms with Gasteiger partial charge in [-0.25, -0.2) is 4.98 Å². The molecule has 0 spiro atoms. The van der Waals surface area contributed by atoms with E-state index in [1.807, 2.05) is 24.3 Å². The Balaban J connectivity index is 1.81. The Kier molecular flexibility index (Phi) is 3.27. The fourth-order valence-corrected chi connectivity index (χ4v) is 2.08. The van der Waals surface area contributed by atoms with Crippen LogP contribution in [-0.4, -0.2) is 16.0 Å². The summed E-state index contributed by atoms with van der Waals surface area (Å²) in [6.45, 7) is 2.08. The molecule has 0 saturated heterocycles. The molecule has 0 aliphatic carbocycles. The first kappa shape index (κ1) is 13.1. The number of nitrogens with one attached hydrogen (secondary N) is 1. The maximum absolute atomic E-state index is 12.1. The second-order valence-electron chi connectivity index (χ2n) is 4.73. The average molecular weight is 282 g/mol. The van der Waals surface area contributed by atoms with Gasteiger partial charge >= 0.3 is 0 Å². The fraction of sp³-hybridized carbons (Fsp3) is 0.133. The number of aromatic nitrogens is 2. The third-order valence-corrected chi connectivity index (χ3v) is 3.09. The third-order valence-electron chi connectivity index (χ3n) is 3.09. The van der Waals surface area contributed by atoms with E-state index < -0.39 is 0 Å². The number of rotatable bonds is 3. The van der Waals surface area contributed by atoms with Crippen LogP contribution in [0.3, 0.4) is 0 Å². The van der Waals surface area contributed by atoms with Crippen molar-refractivity contribution >= 4 is 22.5 Å². The molecule has 21 heavy (non-hydrogen) atoms. The molecule has 0 saturated carbocycles. The Labute approximate surface area is 121 Å². The Morgan fingerprint density at radius 2 is 2.14 bits per heavy atom. The molecular weight excluding hydrogens is 268 g/mol. The summed E-state index contributed by atoms with van der Waals surface area (Å²) in [6, 6.07) is 10.8. The van der Waals surface area contributed by atoms with E-state index in [0.717, 1.165) is 5.39 Å². The number of carbonyl (C=O) groups excluding carboxylic acids is 1. The molecule has 0 aliphatic heterocycles. The highest BCUT2D eigenvalue weighted by Crippen LogP contribution is 2.20. The summed E-state index contributed by atoms with van der Waals surface area (Å²) in [6.07, 6.45) is 0. The minimum atomic E-state index is -0.298. The Bertz CT molecular complexity index is 810. The van der Waals surface area contributed by atoms with Gasteiger partial charge < -0.3 is 15.6 Å². The molecule has 0 fully saturated rings. The topological polar surface area (TPSA) is 94.0 Å². The van der Waals surface area contributed by atoms with Crippen LogP contribution in [-0.2, 0) is 6.54 Å². The molecule has 106 valence electrons. The monoisotopic (exact) mass is 282 g/mol. The molecule has 0 radical (unpaired) electrons. The molecule has 0 aliphatic rings. The van der Waals surface area contributed by atoms with Crippen LogP contribution in [0.15, 0.2) is 40.9 Å². The first-order valence-electron chi connectivity index (χ1n) is 6.49. The highest BCUT2D eigenvalue weighted by atomic mass is 16.5. The van der Waals surface area contributed by atoms with Crippen LogP contribution in [0, 0.1) is 6.92 Å². The van der Waals surface area contributed by atoms with Crippen molar-refractivity contribution in [1.82, 2.24) is 15.5 Å². The number of fused-ring (bicyclic) bond motifs is 1. The van der Waals surface area contributed by atoms with Gasteiger partial charge in [0.1, 0.15) is 17.1 Å². The van der Waals surface area contributed by atoms with Gasteiger partial charge in [-0.05, 0) is 19.1 Å². The first-order chi connectivity index (χ1) is 10.1. The van der Waals surface area contributed by atoms with Gasteiger partial charge in [0.25, 0.3) is 5.91 Å². The van der Waals surface area contributed by atoms with Gasteiger partial charge in [-0.1, -0.05) is 23.4 Å².